The van der Waals surface area contributed by atoms with E-state index in [1.807, 2.05) is 206 Å². The van der Waals surface area contributed by atoms with Gasteiger partial charge in [-0.3, -0.25) is 10.2 Å². The number of alkyl carbamates (subject to hydrolysis) is 1. The summed E-state index contributed by atoms with van der Waals surface area (Å²) in [6, 6.07) is 63.4. The molecule has 4 aromatic heterocycles. The summed E-state index contributed by atoms with van der Waals surface area (Å²) in [4.78, 5) is 23.7. The molecular formula is C111H159N8O24P2S4Y-. The number of rotatable bonds is 41. The van der Waals surface area contributed by atoms with Gasteiger partial charge in [-0.25, -0.2) is 38.5 Å². The van der Waals surface area contributed by atoms with E-state index in [2.05, 4.69) is 65.6 Å². The number of nitrogens with zero attached hydrogens (tertiary/aromatic N) is 3. The third kappa shape index (κ3) is 40.9. The molecule has 4 aliphatic heterocycles. The molecule has 39 heteroatoms. The van der Waals surface area contributed by atoms with Gasteiger partial charge in [-0.05, 0) is 188 Å². The second-order valence-corrected chi connectivity index (χ2v) is 45.7. The number of carbonyl (C=O) groups excluding carboxylic acids is 2. The molecule has 8 aromatic carbocycles. The van der Waals surface area contributed by atoms with Crippen molar-refractivity contribution in [3.05, 3.63) is 266 Å². The monoisotopic (exact) mass is 2270 g/mol. The molecular weight excluding hydrogens is 2110 g/mol. The van der Waals surface area contributed by atoms with Gasteiger partial charge in [0.15, 0.2) is 22.4 Å². The van der Waals surface area contributed by atoms with Crippen LogP contribution in [0.5, 0.6) is 0 Å². The minimum atomic E-state index is -3.97. The van der Waals surface area contributed by atoms with E-state index in [-0.39, 0.29) is 153 Å². The van der Waals surface area contributed by atoms with E-state index in [1.165, 1.54) is 68.4 Å². The summed E-state index contributed by atoms with van der Waals surface area (Å²) in [6.07, 6.45) is 5.86. The first-order valence-electron chi connectivity index (χ1n) is 51.2. The minimum Gasteiger partial charge on any atom is -0.649 e. The van der Waals surface area contributed by atoms with Crippen molar-refractivity contribution in [2.24, 2.45) is 41.2 Å². The number of benzene rings is 8. The van der Waals surface area contributed by atoms with Crippen LogP contribution in [0.25, 0.3) is 43.9 Å². The fraction of sp³-hybridized carbons (Fsp3) is 0.477. The quantitative estimate of drug-likeness (QED) is 0.0127. The summed E-state index contributed by atoms with van der Waals surface area (Å²) < 4.78 is 160. The Kier molecular flexibility index (Phi) is 58.2. The van der Waals surface area contributed by atoms with E-state index in [0.29, 0.717) is 90.8 Å². The molecule has 0 saturated carbocycles. The molecule has 0 bridgehead atoms. The zero-order valence-electron chi connectivity index (χ0n) is 89.5. The van der Waals surface area contributed by atoms with Gasteiger partial charge >= 0.3 is 6.09 Å². The van der Waals surface area contributed by atoms with E-state index in [4.69, 9.17) is 51.8 Å². The summed E-state index contributed by atoms with van der Waals surface area (Å²) in [5, 5.41) is 58.3. The Labute approximate surface area is 918 Å². The van der Waals surface area contributed by atoms with Gasteiger partial charge < -0.3 is 87.7 Å². The maximum Gasteiger partial charge on any atom is 0.407 e. The number of ether oxygens (including phenoxy) is 6. The number of carbonyl (C=O) groups is 1. The van der Waals surface area contributed by atoms with Gasteiger partial charge in [0.1, 0.15) is 28.4 Å². The topological polar surface area (TPSA) is 443 Å². The predicted molar refractivity (Wildman–Crippen MR) is 593 cm³/mol. The van der Waals surface area contributed by atoms with Crippen LogP contribution in [0.4, 0.5) is 4.79 Å². The number of aliphatic hydroxyl groups is 4. The SMILES string of the molecule is CC.CC.CC.CC.CC(C)CN(C[C@@H](O)[C@@H](N)Cc1ccccc1)S(=O)(=O)c1ccc2occc2c1.CC(C)CN(C[C@@H](O)[C@H](Cc1ccccc1)NC(=O)O[C@@H]1CO[C@@H]2OCC[C@@H]21)S(=O)(=O)c1ccc2occc2c1.CC(C)CN(C[C@@H](O)[C@H](Cc1ccccc1)NP)S(=O)(=O)c1ccc2occc2c1.CC(C)CNC[C@@H](O)[C@H](Cc1ccccc1)NP.CS(=O)(=O)c1ccc2occc2c1.O=[C-]O[C@@H]1CO[C@@H]2OCC[C@@H]21.[Y]. The van der Waals surface area contributed by atoms with Crippen LogP contribution in [0.2, 0.25) is 0 Å². The molecule has 8 heterocycles. The molecule has 16 atom stereocenters. The largest absolute Gasteiger partial charge is 0.649 e. The van der Waals surface area contributed by atoms with Crippen LogP contribution in [-0.2, 0) is 132 Å². The molecule has 0 aliphatic carbocycles. The molecule has 825 valence electrons. The van der Waals surface area contributed by atoms with Crippen LogP contribution in [0.1, 0.15) is 146 Å². The molecule has 150 heavy (non-hydrogen) atoms. The van der Waals surface area contributed by atoms with Gasteiger partial charge in [-0.15, -0.1) is 0 Å². The molecule has 1 radical (unpaired) electrons. The molecule has 2 unspecified atom stereocenters. The van der Waals surface area contributed by atoms with Crippen LogP contribution in [-0.4, -0.2) is 238 Å². The molecule has 16 rings (SSSR count). The van der Waals surface area contributed by atoms with Gasteiger partial charge in [0, 0.05) is 130 Å². The van der Waals surface area contributed by atoms with Crippen LogP contribution in [0, 0.1) is 35.5 Å². The number of fused-ring (bicyclic) bond motifs is 6. The second kappa shape index (κ2) is 66.9. The number of aliphatic hydroxyl groups excluding tert-OH is 4. The number of sulfone groups is 1. The van der Waals surface area contributed by atoms with Gasteiger partial charge in [-0.2, -0.15) is 12.9 Å². The summed E-state index contributed by atoms with van der Waals surface area (Å²) in [5.41, 5.74) is 12.9. The fourth-order valence-corrected chi connectivity index (χ4v) is 23.0. The molecule has 32 nitrogen and oxygen atoms in total. The predicted octanol–water partition coefficient (Wildman–Crippen LogP) is 17.3. The summed E-state index contributed by atoms with van der Waals surface area (Å²) >= 11 is 0. The first-order chi connectivity index (χ1) is 71.4. The number of nitrogens with two attached hydrogens (primary N) is 1. The number of sulfonamides is 3. The third-order valence-corrected chi connectivity index (χ3v) is 31.5. The Morgan fingerprint density at radius 3 is 1.06 bits per heavy atom. The maximum atomic E-state index is 13.8. The van der Waals surface area contributed by atoms with Gasteiger partial charge in [0.25, 0.3) is 0 Å². The first kappa shape index (κ1) is 130. The van der Waals surface area contributed by atoms with Crippen LogP contribution >= 0.6 is 18.8 Å². The number of hydrogen-bond acceptors (Lipinski definition) is 28. The van der Waals surface area contributed by atoms with E-state index in [1.54, 1.807) is 84.9 Å². The number of amides is 1. The van der Waals surface area contributed by atoms with Gasteiger partial charge in [0.05, 0.1) is 114 Å². The number of furan rings is 4. The average molecular weight is 2270 g/mol. The summed E-state index contributed by atoms with van der Waals surface area (Å²) in [7, 11) is -9.71. The Morgan fingerprint density at radius 1 is 0.407 bits per heavy atom. The standard InChI is InChI=1S/C29H36N2O8S.C22H29N2O4PS.C22H28N2O4S.C14H25N2OP.C9H8O3S.C7H9O4.4C2H6.Y/c1-19(2)16-31(40(34,35)22-8-9-26-21(15-22)10-12-36-26)17-25(32)24(14-20-6-4-3-5-7-20)30-29(33)39-27-18-38-28-23(27)11-13-37-28;1-16(2)14-24(15-21(25)20(23-29)12-17-6-4-3-5-7-17)30(26,27)19-8-9-22-18(13-19)10-11-28-22;1-16(2)14-24(15-21(25)20(23)12-17-6-4-3-5-7-17)29(26,27)19-8-9-22-18(13-19)10-11-28-22;1-11(2)9-15-10-14(17)13(16-18)8-12-6-4-3-5-7-12;1-13(10,11)8-2-3-9-7(6-8)4-5-12-9;8-4-11-6-3-10-7-5(6)1-2-9-7;4*1-2;/h3-10,12,15,19,23-25,27-28,32H,11,13-14,16-18H2,1-2H3,(H,30,33);3-11,13,16,20-21,23,25H,12,14-15,29H2,1-2H3;3-11,13,16,20-21,25H,12,14-15,23H2,1-2H3;3-7,11,13-17H,8-10,18H2,1-2H3;2-6H,1H3;5-7H,1-3H2;4*1-2H3;/q;;;;;-1;;;;;/t23-,24+,25-,27-,28+;2*20-,21+;13-,14+;;5-,6-,7+;;;;;/m1000.1...../s1. The van der Waals surface area contributed by atoms with E-state index in [9.17, 15) is 63.7 Å². The molecule has 4 saturated heterocycles. The fourth-order valence-electron chi connectivity index (χ4n) is 16.7. The van der Waals surface area contributed by atoms with E-state index < -0.39 is 82.5 Å². The molecule has 0 spiro atoms. The van der Waals surface area contributed by atoms with Crippen molar-refractivity contribution in [1.29, 1.82) is 0 Å². The third-order valence-electron chi connectivity index (χ3n) is 24.1. The smallest absolute Gasteiger partial charge is 0.407 e. The van der Waals surface area contributed by atoms with Crippen LogP contribution in [0.15, 0.2) is 281 Å². The average Bonchev–Trinajstić information content (AvgIpc) is 1.33. The minimum absolute atomic E-state index is 0. The van der Waals surface area contributed by atoms with Crippen molar-refractivity contribution in [2.75, 3.05) is 85.0 Å². The van der Waals surface area contributed by atoms with Crippen molar-refractivity contribution < 1.29 is 142 Å². The van der Waals surface area contributed by atoms with Crippen molar-refractivity contribution in [1.82, 2.24) is 33.7 Å². The van der Waals surface area contributed by atoms with Crippen molar-refractivity contribution >= 4 is 115 Å². The van der Waals surface area contributed by atoms with Gasteiger partial charge in [-0.1, -0.05) is 257 Å². The Balaban J connectivity index is 0.000000282. The summed E-state index contributed by atoms with van der Waals surface area (Å²) in [6.45, 7) is 37.4. The zero-order valence-corrected chi connectivity index (χ0v) is 97.9. The zero-order chi connectivity index (χ0) is 110. The Bertz CT molecular complexity index is 6320. The normalized spacial score (nSPS) is 17.8. The summed E-state index contributed by atoms with van der Waals surface area (Å²) in [5.74, 6) is 1.02. The molecule has 1 amide bonds. The maximum absolute atomic E-state index is 13.8. The van der Waals surface area contributed by atoms with E-state index >= 15 is 0 Å². The second-order valence-electron chi connectivity index (χ2n) is 37.2. The molecule has 4 aliphatic rings. The molecule has 12 aromatic rings. The van der Waals surface area contributed by atoms with Crippen LogP contribution < -0.4 is 26.5 Å². The van der Waals surface area contributed by atoms with Gasteiger partial charge in [0.2, 0.25) is 30.1 Å². The Morgan fingerprint density at radius 2 is 0.720 bits per heavy atom. The van der Waals surface area contributed by atoms with Crippen molar-refractivity contribution in [3.63, 3.8) is 0 Å². The Hall–Kier alpha value is -8.18. The van der Waals surface area contributed by atoms with Crippen molar-refractivity contribution in [2.45, 2.75) is 242 Å². The van der Waals surface area contributed by atoms with Crippen molar-refractivity contribution in [3.8, 4) is 0 Å². The molecule has 10 N–H and O–H groups in total. The number of hydrogen-bond donors (Lipinski definition) is 9. The first-order valence-corrected chi connectivity index (χ1v) is 58.6. The molecule has 4 fully saturated rings. The van der Waals surface area contributed by atoms with Crippen LogP contribution in [0.3, 0.4) is 0 Å². The number of nitrogens with one attached hydrogen (secondary N) is 4. The van der Waals surface area contributed by atoms with E-state index in [0.717, 1.165) is 58.7 Å².